The monoisotopic (exact) mass is 275 g/mol. The highest BCUT2D eigenvalue weighted by Crippen LogP contribution is 2.24. The zero-order chi connectivity index (χ0) is 14.2. The standard InChI is InChI=1S/C17H25NO2/c19-17(20)13-16-7-6-15(8-10-18-11-9-16)12-14-4-2-1-3-5-14/h1-5,15-16,18H,6-13H2,(H,19,20). The first-order chi connectivity index (χ1) is 9.74. The Morgan fingerprint density at radius 3 is 2.40 bits per heavy atom. The third-order valence-corrected chi connectivity index (χ3v) is 4.27. The number of rotatable bonds is 4. The molecule has 2 N–H and O–H groups in total. The van der Waals surface area contributed by atoms with E-state index in [9.17, 15) is 4.79 Å². The second-order valence-electron chi connectivity index (χ2n) is 5.92. The molecule has 3 nitrogen and oxygen atoms in total. The number of hydrogen-bond acceptors (Lipinski definition) is 2. The lowest BCUT2D eigenvalue weighted by molar-refractivity contribution is -0.138. The van der Waals surface area contributed by atoms with Crippen LogP contribution in [-0.4, -0.2) is 24.2 Å². The molecule has 2 rings (SSSR count). The van der Waals surface area contributed by atoms with Gasteiger partial charge in [-0.2, -0.15) is 0 Å². The van der Waals surface area contributed by atoms with Crippen LogP contribution in [0.1, 0.15) is 37.7 Å². The van der Waals surface area contributed by atoms with Crippen LogP contribution in [-0.2, 0) is 11.2 Å². The van der Waals surface area contributed by atoms with Gasteiger partial charge in [-0.3, -0.25) is 4.79 Å². The van der Waals surface area contributed by atoms with Gasteiger partial charge in [0.2, 0.25) is 0 Å². The summed E-state index contributed by atoms with van der Waals surface area (Å²) in [5.74, 6) is 0.338. The molecule has 1 heterocycles. The summed E-state index contributed by atoms with van der Waals surface area (Å²) >= 11 is 0. The van der Waals surface area contributed by atoms with Crippen LogP contribution < -0.4 is 5.32 Å². The molecule has 1 aromatic rings. The Labute approximate surface area is 121 Å². The molecule has 0 aromatic heterocycles. The van der Waals surface area contributed by atoms with Gasteiger partial charge < -0.3 is 10.4 Å². The van der Waals surface area contributed by atoms with Crippen molar-refractivity contribution in [2.24, 2.45) is 11.8 Å². The van der Waals surface area contributed by atoms with E-state index in [0.717, 1.165) is 38.8 Å². The fourth-order valence-electron chi connectivity index (χ4n) is 3.10. The lowest BCUT2D eigenvalue weighted by Gasteiger charge is -2.18. The van der Waals surface area contributed by atoms with Gasteiger partial charge in [0, 0.05) is 6.42 Å². The lowest BCUT2D eigenvalue weighted by atomic mass is 9.87. The fraction of sp³-hybridized carbons (Fsp3) is 0.588. The zero-order valence-electron chi connectivity index (χ0n) is 12.1. The Hall–Kier alpha value is -1.35. The first kappa shape index (κ1) is 15.0. The summed E-state index contributed by atoms with van der Waals surface area (Å²) in [4.78, 5) is 10.9. The number of benzene rings is 1. The number of nitrogens with one attached hydrogen (secondary N) is 1. The van der Waals surface area contributed by atoms with Gasteiger partial charge in [-0.05, 0) is 62.6 Å². The molecule has 1 aliphatic heterocycles. The molecule has 1 aliphatic rings. The van der Waals surface area contributed by atoms with Crippen LogP contribution in [0, 0.1) is 11.8 Å². The Kier molecular flexibility index (Phi) is 6.06. The van der Waals surface area contributed by atoms with Gasteiger partial charge in [0.05, 0.1) is 0 Å². The molecule has 0 amide bonds. The van der Waals surface area contributed by atoms with E-state index < -0.39 is 5.97 Å². The van der Waals surface area contributed by atoms with Gasteiger partial charge >= 0.3 is 5.97 Å². The SMILES string of the molecule is O=C(O)CC1CCNCCC(Cc2ccccc2)CC1. The molecule has 0 radical (unpaired) electrons. The topological polar surface area (TPSA) is 49.3 Å². The van der Waals surface area contributed by atoms with Gasteiger partial charge in [0.25, 0.3) is 0 Å². The third-order valence-electron chi connectivity index (χ3n) is 4.27. The maximum atomic E-state index is 10.9. The van der Waals surface area contributed by atoms with E-state index in [-0.39, 0.29) is 0 Å². The van der Waals surface area contributed by atoms with Gasteiger partial charge in [-0.15, -0.1) is 0 Å². The van der Waals surface area contributed by atoms with Crippen molar-refractivity contribution in [3.8, 4) is 0 Å². The summed E-state index contributed by atoms with van der Waals surface area (Å²) in [6.07, 6.45) is 5.81. The molecule has 0 bridgehead atoms. The van der Waals surface area contributed by atoms with E-state index in [1.54, 1.807) is 0 Å². The summed E-state index contributed by atoms with van der Waals surface area (Å²) in [6.45, 7) is 2.01. The second-order valence-corrected chi connectivity index (χ2v) is 5.92. The number of hydrogen-bond donors (Lipinski definition) is 2. The first-order valence-corrected chi connectivity index (χ1v) is 7.70. The van der Waals surface area contributed by atoms with Crippen LogP contribution >= 0.6 is 0 Å². The highest BCUT2D eigenvalue weighted by atomic mass is 16.4. The molecule has 2 atom stereocenters. The van der Waals surface area contributed by atoms with Crippen molar-refractivity contribution in [1.82, 2.24) is 5.32 Å². The quantitative estimate of drug-likeness (QED) is 0.887. The van der Waals surface area contributed by atoms with Gasteiger partial charge in [-0.25, -0.2) is 0 Å². The van der Waals surface area contributed by atoms with Gasteiger partial charge in [0.15, 0.2) is 0 Å². The molecule has 1 fully saturated rings. The molecule has 3 heteroatoms. The summed E-state index contributed by atoms with van der Waals surface area (Å²) in [7, 11) is 0. The normalized spacial score (nSPS) is 24.4. The molecule has 110 valence electrons. The van der Waals surface area contributed by atoms with E-state index in [2.05, 4.69) is 35.6 Å². The van der Waals surface area contributed by atoms with E-state index in [1.807, 2.05) is 0 Å². The van der Waals surface area contributed by atoms with Crippen molar-refractivity contribution in [1.29, 1.82) is 0 Å². The fourth-order valence-corrected chi connectivity index (χ4v) is 3.10. The average Bonchev–Trinajstić information content (AvgIpc) is 2.53. The van der Waals surface area contributed by atoms with Crippen molar-refractivity contribution >= 4 is 5.97 Å². The number of carboxylic acids is 1. The smallest absolute Gasteiger partial charge is 0.303 e. The van der Waals surface area contributed by atoms with Crippen LogP contribution in [0.15, 0.2) is 30.3 Å². The van der Waals surface area contributed by atoms with Gasteiger partial charge in [0.1, 0.15) is 0 Å². The molecule has 2 unspecified atom stereocenters. The van der Waals surface area contributed by atoms with Crippen molar-refractivity contribution in [3.63, 3.8) is 0 Å². The summed E-state index contributed by atoms with van der Waals surface area (Å²) < 4.78 is 0. The van der Waals surface area contributed by atoms with Crippen LogP contribution in [0.3, 0.4) is 0 Å². The molecular formula is C17H25NO2. The third kappa shape index (κ3) is 5.33. The van der Waals surface area contributed by atoms with Crippen molar-refractivity contribution < 1.29 is 9.90 Å². The maximum absolute atomic E-state index is 10.9. The molecular weight excluding hydrogens is 250 g/mol. The predicted octanol–water partition coefficient (Wildman–Crippen LogP) is 3.10. The lowest BCUT2D eigenvalue weighted by Crippen LogP contribution is -2.20. The number of carbonyl (C=O) groups is 1. The molecule has 1 saturated heterocycles. The average molecular weight is 275 g/mol. The minimum atomic E-state index is -0.658. The number of carboxylic acid groups (broad SMARTS) is 1. The van der Waals surface area contributed by atoms with E-state index in [4.69, 9.17) is 5.11 Å². The predicted molar refractivity (Wildman–Crippen MR) is 80.7 cm³/mol. The maximum Gasteiger partial charge on any atom is 0.303 e. The zero-order valence-corrected chi connectivity index (χ0v) is 12.1. The van der Waals surface area contributed by atoms with Crippen molar-refractivity contribution in [2.75, 3.05) is 13.1 Å². The van der Waals surface area contributed by atoms with E-state index >= 15 is 0 Å². The molecule has 0 spiro atoms. The molecule has 0 aliphatic carbocycles. The molecule has 20 heavy (non-hydrogen) atoms. The van der Waals surface area contributed by atoms with E-state index in [1.165, 1.54) is 12.0 Å². The van der Waals surface area contributed by atoms with Crippen molar-refractivity contribution in [2.45, 2.75) is 38.5 Å². The number of aliphatic carboxylic acids is 1. The summed E-state index contributed by atoms with van der Waals surface area (Å²) in [5.41, 5.74) is 1.39. The first-order valence-electron chi connectivity index (χ1n) is 7.70. The second kappa shape index (κ2) is 8.05. The van der Waals surface area contributed by atoms with Crippen LogP contribution in [0.25, 0.3) is 0 Å². The molecule has 1 aromatic carbocycles. The van der Waals surface area contributed by atoms with E-state index in [0.29, 0.717) is 18.3 Å². The van der Waals surface area contributed by atoms with Crippen LogP contribution in [0.5, 0.6) is 0 Å². The minimum Gasteiger partial charge on any atom is -0.481 e. The Morgan fingerprint density at radius 2 is 1.70 bits per heavy atom. The van der Waals surface area contributed by atoms with Gasteiger partial charge in [-0.1, -0.05) is 30.3 Å². The largest absolute Gasteiger partial charge is 0.481 e. The van der Waals surface area contributed by atoms with Crippen LogP contribution in [0.4, 0.5) is 0 Å². The summed E-state index contributed by atoms with van der Waals surface area (Å²) in [5, 5.41) is 12.4. The Balaban J connectivity index is 1.90. The Bertz CT molecular complexity index is 405. The van der Waals surface area contributed by atoms with Crippen LogP contribution in [0.2, 0.25) is 0 Å². The minimum absolute atomic E-state index is 0.319. The Morgan fingerprint density at radius 1 is 1.05 bits per heavy atom. The highest BCUT2D eigenvalue weighted by molar-refractivity contribution is 5.66. The highest BCUT2D eigenvalue weighted by Gasteiger charge is 2.18. The molecule has 0 saturated carbocycles. The van der Waals surface area contributed by atoms with Crippen molar-refractivity contribution in [3.05, 3.63) is 35.9 Å². The summed E-state index contributed by atoms with van der Waals surface area (Å²) in [6, 6.07) is 10.6.